The lowest BCUT2D eigenvalue weighted by molar-refractivity contribution is 0.669. The van der Waals surface area contributed by atoms with Crippen LogP contribution in [0.5, 0.6) is 0 Å². The summed E-state index contributed by atoms with van der Waals surface area (Å²) < 4.78 is 12.7. The summed E-state index contributed by atoms with van der Waals surface area (Å²) in [6, 6.07) is 65.2. The maximum Gasteiger partial charge on any atom is 0.164 e. The Morgan fingerprint density at radius 1 is 0.276 bits per heavy atom. The Labute approximate surface area is 332 Å². The van der Waals surface area contributed by atoms with Gasteiger partial charge in [-0.05, 0) is 80.2 Å². The van der Waals surface area contributed by atoms with Crippen LogP contribution in [0.1, 0.15) is 0 Å². The Kier molecular flexibility index (Phi) is 7.16. The van der Waals surface area contributed by atoms with E-state index in [9.17, 15) is 0 Å². The van der Waals surface area contributed by atoms with E-state index >= 15 is 0 Å². The van der Waals surface area contributed by atoms with Crippen molar-refractivity contribution in [3.05, 3.63) is 188 Å². The van der Waals surface area contributed by atoms with Crippen molar-refractivity contribution in [2.45, 2.75) is 0 Å². The summed E-state index contributed by atoms with van der Waals surface area (Å²) >= 11 is 0. The van der Waals surface area contributed by atoms with E-state index in [1.54, 1.807) is 0 Å². The molecule has 0 radical (unpaired) electrons. The molecule has 0 unspecified atom stereocenters. The molecule has 5 nitrogen and oxygen atoms in total. The SMILES string of the molecule is c1ccc(-c2ccc3c(c2)oc2cccc(-c4nc(-c5ccc(-c6cccc7ccccc67)cc5)nc(-c5ccc6c(ccc7oc8ccccc8c76)c5)n4)c23)cc1. The van der Waals surface area contributed by atoms with Gasteiger partial charge in [0.25, 0.3) is 0 Å². The summed E-state index contributed by atoms with van der Waals surface area (Å²) in [5.41, 5.74) is 10.6. The molecule has 0 atom stereocenters. The molecule has 0 fully saturated rings. The molecule has 0 saturated heterocycles. The van der Waals surface area contributed by atoms with Crippen LogP contribution < -0.4 is 0 Å². The molecule has 3 heterocycles. The Hall–Kier alpha value is -7.89. The molecule has 0 aliphatic rings. The van der Waals surface area contributed by atoms with E-state index in [0.717, 1.165) is 88.0 Å². The number of para-hydroxylation sites is 1. The highest BCUT2D eigenvalue weighted by Crippen LogP contribution is 2.40. The molecule has 3 aromatic heterocycles. The molecule has 0 bridgehead atoms. The van der Waals surface area contributed by atoms with Gasteiger partial charge in [0.2, 0.25) is 0 Å². The van der Waals surface area contributed by atoms with Crippen LogP contribution in [0, 0.1) is 0 Å². The average molecular weight is 742 g/mol. The minimum atomic E-state index is 0.579. The van der Waals surface area contributed by atoms with Gasteiger partial charge in [0, 0.05) is 38.2 Å². The minimum Gasteiger partial charge on any atom is -0.456 e. The van der Waals surface area contributed by atoms with Gasteiger partial charge in [0.05, 0.1) is 0 Å². The van der Waals surface area contributed by atoms with E-state index in [1.165, 1.54) is 16.3 Å². The lowest BCUT2D eigenvalue weighted by Gasteiger charge is -2.11. The quantitative estimate of drug-likeness (QED) is 0.176. The molecule has 0 amide bonds. The second kappa shape index (κ2) is 12.8. The van der Waals surface area contributed by atoms with Crippen LogP contribution in [0.15, 0.2) is 197 Å². The predicted octanol–water partition coefficient (Wildman–Crippen LogP) is 14.3. The van der Waals surface area contributed by atoms with Crippen LogP contribution in [0.3, 0.4) is 0 Å². The molecule has 0 saturated carbocycles. The van der Waals surface area contributed by atoms with Crippen LogP contribution in [0.25, 0.3) is 122 Å². The Morgan fingerprint density at radius 2 is 0.879 bits per heavy atom. The van der Waals surface area contributed by atoms with Crippen LogP contribution in [-0.4, -0.2) is 15.0 Å². The first-order valence-electron chi connectivity index (χ1n) is 19.4. The molecule has 12 aromatic rings. The topological polar surface area (TPSA) is 65.0 Å². The highest BCUT2D eigenvalue weighted by atomic mass is 16.3. The fraction of sp³-hybridized carbons (Fsp3) is 0. The number of benzene rings is 9. The maximum absolute atomic E-state index is 6.52. The summed E-state index contributed by atoms with van der Waals surface area (Å²) in [7, 11) is 0. The lowest BCUT2D eigenvalue weighted by atomic mass is 9.97. The zero-order valence-corrected chi connectivity index (χ0v) is 31.1. The number of hydrogen-bond acceptors (Lipinski definition) is 5. The van der Waals surface area contributed by atoms with Crippen LogP contribution in [0.2, 0.25) is 0 Å². The molecular formula is C53H31N3O2. The van der Waals surface area contributed by atoms with Gasteiger partial charge in [0.15, 0.2) is 17.5 Å². The second-order valence-electron chi connectivity index (χ2n) is 14.7. The molecule has 58 heavy (non-hydrogen) atoms. The van der Waals surface area contributed by atoms with Crippen molar-refractivity contribution in [3.8, 4) is 56.4 Å². The molecule has 9 aromatic carbocycles. The van der Waals surface area contributed by atoms with Crippen molar-refractivity contribution in [2.24, 2.45) is 0 Å². The second-order valence-corrected chi connectivity index (χ2v) is 14.7. The highest BCUT2D eigenvalue weighted by Gasteiger charge is 2.19. The van der Waals surface area contributed by atoms with Crippen molar-refractivity contribution in [2.75, 3.05) is 0 Å². The average Bonchev–Trinajstić information content (AvgIpc) is 3.87. The third-order valence-corrected chi connectivity index (χ3v) is 11.3. The van der Waals surface area contributed by atoms with Crippen LogP contribution >= 0.6 is 0 Å². The number of nitrogens with zero attached hydrogens (tertiary/aromatic N) is 3. The summed E-state index contributed by atoms with van der Waals surface area (Å²) in [5, 5.41) is 8.82. The van der Waals surface area contributed by atoms with Gasteiger partial charge >= 0.3 is 0 Å². The molecule has 5 heteroatoms. The summed E-state index contributed by atoms with van der Waals surface area (Å²) in [6.45, 7) is 0. The Morgan fingerprint density at radius 3 is 1.78 bits per heavy atom. The number of fused-ring (bicyclic) bond motifs is 9. The molecule has 270 valence electrons. The van der Waals surface area contributed by atoms with E-state index in [1.807, 2.05) is 30.3 Å². The Balaban J connectivity index is 1.04. The van der Waals surface area contributed by atoms with Crippen molar-refractivity contribution < 1.29 is 8.83 Å². The van der Waals surface area contributed by atoms with E-state index in [4.69, 9.17) is 23.8 Å². The first kappa shape index (κ1) is 32.4. The van der Waals surface area contributed by atoms with Gasteiger partial charge in [-0.1, -0.05) is 152 Å². The molecule has 0 aliphatic heterocycles. The number of furan rings is 2. The van der Waals surface area contributed by atoms with Gasteiger partial charge in [-0.15, -0.1) is 0 Å². The zero-order chi connectivity index (χ0) is 38.2. The fourth-order valence-corrected chi connectivity index (χ4v) is 8.55. The van der Waals surface area contributed by atoms with E-state index < -0.39 is 0 Å². The lowest BCUT2D eigenvalue weighted by Crippen LogP contribution is -2.00. The van der Waals surface area contributed by atoms with Crippen molar-refractivity contribution >= 4 is 65.4 Å². The third kappa shape index (κ3) is 5.21. The molecular weight excluding hydrogens is 711 g/mol. The standard InChI is InChI=1S/C53H31N3O2/c1-2-10-32(11-3-1)36-24-28-43-48(31-36)58-46-19-9-17-44(50(43)46)53-55-51(35-22-20-34(21-23-35)40-16-8-13-33-12-4-5-14-39(33)40)54-52(56-53)38-25-27-41-37(30-38)26-29-47-49(41)42-15-6-7-18-45(42)57-47/h1-31H. The normalized spacial score (nSPS) is 11.8. The largest absolute Gasteiger partial charge is 0.456 e. The summed E-state index contributed by atoms with van der Waals surface area (Å²) in [5.74, 6) is 1.76. The van der Waals surface area contributed by atoms with E-state index in [2.05, 4.69) is 158 Å². The first-order chi connectivity index (χ1) is 28.7. The number of hydrogen-bond donors (Lipinski definition) is 0. The summed E-state index contributed by atoms with van der Waals surface area (Å²) in [6.07, 6.45) is 0. The van der Waals surface area contributed by atoms with Gasteiger partial charge in [-0.25, -0.2) is 15.0 Å². The van der Waals surface area contributed by atoms with Crippen LogP contribution in [-0.2, 0) is 0 Å². The van der Waals surface area contributed by atoms with Gasteiger partial charge in [0.1, 0.15) is 22.3 Å². The number of aromatic nitrogens is 3. The first-order valence-corrected chi connectivity index (χ1v) is 19.4. The zero-order valence-electron chi connectivity index (χ0n) is 31.1. The van der Waals surface area contributed by atoms with Crippen LogP contribution in [0.4, 0.5) is 0 Å². The smallest absolute Gasteiger partial charge is 0.164 e. The molecule has 0 aliphatic carbocycles. The molecule has 0 N–H and O–H groups in total. The Bertz CT molecular complexity index is 3560. The fourth-order valence-electron chi connectivity index (χ4n) is 8.55. The van der Waals surface area contributed by atoms with Gasteiger partial charge in [-0.2, -0.15) is 0 Å². The molecule has 0 spiro atoms. The van der Waals surface area contributed by atoms with Gasteiger partial charge in [-0.3, -0.25) is 0 Å². The van der Waals surface area contributed by atoms with Crippen molar-refractivity contribution in [3.63, 3.8) is 0 Å². The third-order valence-electron chi connectivity index (χ3n) is 11.3. The van der Waals surface area contributed by atoms with Gasteiger partial charge < -0.3 is 8.83 Å². The van der Waals surface area contributed by atoms with Crippen molar-refractivity contribution in [1.29, 1.82) is 0 Å². The van der Waals surface area contributed by atoms with E-state index in [-0.39, 0.29) is 0 Å². The maximum atomic E-state index is 6.52. The monoisotopic (exact) mass is 741 g/mol. The predicted molar refractivity (Wildman–Crippen MR) is 237 cm³/mol. The highest BCUT2D eigenvalue weighted by molar-refractivity contribution is 6.19. The van der Waals surface area contributed by atoms with Crippen molar-refractivity contribution in [1.82, 2.24) is 15.0 Å². The summed E-state index contributed by atoms with van der Waals surface area (Å²) in [4.78, 5) is 15.6. The minimum absolute atomic E-state index is 0.579. The molecule has 12 rings (SSSR count). The van der Waals surface area contributed by atoms with E-state index in [0.29, 0.717) is 17.5 Å². The number of rotatable bonds is 5.